The largest absolute Gasteiger partial charge is 0.313 e. The first kappa shape index (κ1) is 13.5. The van der Waals surface area contributed by atoms with Crippen molar-refractivity contribution in [3.05, 3.63) is 0 Å². The first-order chi connectivity index (χ1) is 7.57. The molecule has 4 nitrogen and oxygen atoms in total. The molecule has 2 N–H and O–H groups in total. The number of hydrogen-bond acceptors (Lipinski definition) is 3. The Bertz CT molecular complexity index is 339. The maximum Gasteiger partial charge on any atom is 0.214 e. The van der Waals surface area contributed by atoms with Gasteiger partial charge in [0.15, 0.2) is 0 Å². The second-order valence-electron chi connectivity index (χ2n) is 4.20. The summed E-state index contributed by atoms with van der Waals surface area (Å²) < 4.78 is 26.1. The van der Waals surface area contributed by atoms with Crippen molar-refractivity contribution in [3.8, 4) is 12.3 Å². The highest BCUT2D eigenvalue weighted by Gasteiger charge is 2.23. The van der Waals surface area contributed by atoms with Gasteiger partial charge in [0, 0.05) is 6.04 Å². The number of sulfonamides is 1. The molecule has 1 aliphatic rings. The summed E-state index contributed by atoms with van der Waals surface area (Å²) in [6, 6.07) is -0.283. The highest BCUT2D eigenvalue weighted by molar-refractivity contribution is 7.89. The fourth-order valence-electron chi connectivity index (χ4n) is 1.89. The number of nitrogens with one attached hydrogen (secondary N) is 2. The molecule has 1 fully saturated rings. The Morgan fingerprint density at radius 3 is 2.88 bits per heavy atom. The first-order valence-corrected chi connectivity index (χ1v) is 7.42. The van der Waals surface area contributed by atoms with Gasteiger partial charge in [-0.15, -0.1) is 6.42 Å². The zero-order valence-electron chi connectivity index (χ0n) is 9.70. The normalized spacial score (nSPS) is 22.9. The quantitative estimate of drug-likeness (QED) is 0.667. The van der Waals surface area contributed by atoms with Crippen molar-refractivity contribution in [1.29, 1.82) is 0 Å². The van der Waals surface area contributed by atoms with Crippen molar-refractivity contribution in [2.45, 2.75) is 44.7 Å². The molecular formula is C11H20N2O2S. The smallest absolute Gasteiger partial charge is 0.214 e. The molecule has 1 heterocycles. The van der Waals surface area contributed by atoms with E-state index in [2.05, 4.69) is 16.0 Å². The van der Waals surface area contributed by atoms with Crippen LogP contribution in [0.1, 0.15) is 32.6 Å². The molecule has 0 amide bonds. The van der Waals surface area contributed by atoms with Crippen LogP contribution in [-0.4, -0.2) is 32.8 Å². The molecule has 0 radical (unpaired) electrons. The van der Waals surface area contributed by atoms with Crippen LogP contribution in [-0.2, 0) is 10.0 Å². The van der Waals surface area contributed by atoms with E-state index in [-0.39, 0.29) is 17.8 Å². The van der Waals surface area contributed by atoms with Crippen LogP contribution in [0.4, 0.5) is 0 Å². The summed E-state index contributed by atoms with van der Waals surface area (Å²) >= 11 is 0. The molecule has 5 heteroatoms. The summed E-state index contributed by atoms with van der Waals surface area (Å²) in [7, 11) is -3.25. The Hall–Kier alpha value is -0.570. The summed E-state index contributed by atoms with van der Waals surface area (Å²) in [5.41, 5.74) is 0. The van der Waals surface area contributed by atoms with Crippen LogP contribution in [0.5, 0.6) is 0 Å². The lowest BCUT2D eigenvalue weighted by Gasteiger charge is -2.15. The van der Waals surface area contributed by atoms with Crippen LogP contribution in [0.2, 0.25) is 0 Å². The summed E-state index contributed by atoms with van der Waals surface area (Å²) in [5.74, 6) is 2.61. The number of rotatable bonds is 6. The third kappa shape index (κ3) is 4.52. The molecule has 2 atom stereocenters. The maximum atomic E-state index is 11.8. The van der Waals surface area contributed by atoms with Gasteiger partial charge in [0.25, 0.3) is 0 Å². The first-order valence-electron chi connectivity index (χ1n) is 5.77. The Kier molecular flexibility index (Phi) is 5.26. The van der Waals surface area contributed by atoms with Gasteiger partial charge in [0.2, 0.25) is 10.0 Å². The second kappa shape index (κ2) is 6.24. The van der Waals surface area contributed by atoms with Crippen molar-refractivity contribution < 1.29 is 8.42 Å². The predicted molar refractivity (Wildman–Crippen MR) is 65.5 cm³/mol. The Balaban J connectivity index is 2.46. The molecule has 0 spiro atoms. The van der Waals surface area contributed by atoms with E-state index in [1.165, 1.54) is 0 Å². The van der Waals surface area contributed by atoms with Gasteiger partial charge in [-0.05, 0) is 25.8 Å². The number of terminal acetylenes is 1. The minimum atomic E-state index is -3.25. The third-order valence-electron chi connectivity index (χ3n) is 2.68. The van der Waals surface area contributed by atoms with Crippen LogP contribution in [0.3, 0.4) is 0 Å². The average Bonchev–Trinajstić information content (AvgIpc) is 2.68. The molecule has 1 rings (SSSR count). The van der Waals surface area contributed by atoms with Gasteiger partial charge in [-0.3, -0.25) is 0 Å². The van der Waals surface area contributed by atoms with Crippen LogP contribution in [0.25, 0.3) is 0 Å². The summed E-state index contributed by atoms with van der Waals surface area (Å²) in [6.45, 7) is 2.89. The Labute approximate surface area is 98.2 Å². The van der Waals surface area contributed by atoms with Crippen molar-refractivity contribution in [2.75, 3.05) is 12.3 Å². The Morgan fingerprint density at radius 1 is 1.62 bits per heavy atom. The predicted octanol–water partition coefficient (Wildman–Crippen LogP) is 0.460. The van der Waals surface area contributed by atoms with Gasteiger partial charge < -0.3 is 5.32 Å². The van der Waals surface area contributed by atoms with Gasteiger partial charge in [0.1, 0.15) is 0 Å². The molecule has 0 aromatic heterocycles. The maximum absolute atomic E-state index is 11.8. The molecular weight excluding hydrogens is 224 g/mol. The van der Waals surface area contributed by atoms with Crippen molar-refractivity contribution in [1.82, 2.24) is 10.0 Å². The minimum absolute atomic E-state index is 0.0811. The molecule has 1 aliphatic heterocycles. The molecule has 0 aliphatic carbocycles. The standard InChI is InChI=1S/C11H20N2O2S/c1-3-6-10(4-2)13-16(14,15)9-11-7-5-8-12-11/h2,10-13H,3,5-9H2,1H3. The Morgan fingerprint density at radius 2 is 2.38 bits per heavy atom. The minimum Gasteiger partial charge on any atom is -0.313 e. The van der Waals surface area contributed by atoms with E-state index < -0.39 is 10.0 Å². The van der Waals surface area contributed by atoms with Crippen LogP contribution in [0.15, 0.2) is 0 Å². The molecule has 2 unspecified atom stereocenters. The van der Waals surface area contributed by atoms with Crippen LogP contribution < -0.4 is 10.0 Å². The van der Waals surface area contributed by atoms with E-state index in [1.807, 2.05) is 6.92 Å². The molecule has 0 saturated carbocycles. The fourth-order valence-corrected chi connectivity index (χ4v) is 3.42. The molecule has 0 aromatic carbocycles. The van der Waals surface area contributed by atoms with Gasteiger partial charge >= 0.3 is 0 Å². The summed E-state index contributed by atoms with van der Waals surface area (Å²) in [5, 5.41) is 3.17. The lowest BCUT2D eigenvalue weighted by atomic mass is 10.2. The van der Waals surface area contributed by atoms with E-state index in [1.54, 1.807) is 0 Å². The van der Waals surface area contributed by atoms with Crippen LogP contribution in [0, 0.1) is 12.3 Å². The van der Waals surface area contributed by atoms with Crippen molar-refractivity contribution >= 4 is 10.0 Å². The lowest BCUT2D eigenvalue weighted by molar-refractivity contribution is 0.549. The molecule has 0 bridgehead atoms. The highest BCUT2D eigenvalue weighted by atomic mass is 32.2. The molecule has 16 heavy (non-hydrogen) atoms. The van der Waals surface area contributed by atoms with Crippen LogP contribution >= 0.6 is 0 Å². The zero-order chi connectivity index (χ0) is 12.0. The number of hydrogen-bond donors (Lipinski definition) is 2. The lowest BCUT2D eigenvalue weighted by Crippen LogP contribution is -2.40. The third-order valence-corrected chi connectivity index (χ3v) is 4.17. The topological polar surface area (TPSA) is 58.2 Å². The van der Waals surface area contributed by atoms with Gasteiger partial charge in [-0.25, -0.2) is 13.1 Å². The molecule has 0 aromatic rings. The van der Waals surface area contributed by atoms with Crippen molar-refractivity contribution in [3.63, 3.8) is 0 Å². The van der Waals surface area contributed by atoms with Gasteiger partial charge in [0.05, 0.1) is 11.8 Å². The fraction of sp³-hybridized carbons (Fsp3) is 0.818. The van der Waals surface area contributed by atoms with E-state index in [4.69, 9.17) is 6.42 Å². The zero-order valence-corrected chi connectivity index (χ0v) is 10.5. The molecule has 92 valence electrons. The SMILES string of the molecule is C#CC(CCC)NS(=O)(=O)CC1CCCN1. The van der Waals surface area contributed by atoms with E-state index in [0.29, 0.717) is 6.42 Å². The summed E-state index contributed by atoms with van der Waals surface area (Å²) in [6.07, 6.45) is 8.82. The molecule has 1 saturated heterocycles. The average molecular weight is 244 g/mol. The van der Waals surface area contributed by atoms with E-state index in [0.717, 1.165) is 25.8 Å². The van der Waals surface area contributed by atoms with Gasteiger partial charge in [-0.2, -0.15) is 0 Å². The summed E-state index contributed by atoms with van der Waals surface area (Å²) in [4.78, 5) is 0. The second-order valence-corrected chi connectivity index (χ2v) is 6.00. The van der Waals surface area contributed by atoms with Gasteiger partial charge in [-0.1, -0.05) is 19.3 Å². The van der Waals surface area contributed by atoms with E-state index >= 15 is 0 Å². The van der Waals surface area contributed by atoms with Crippen molar-refractivity contribution in [2.24, 2.45) is 0 Å². The highest BCUT2D eigenvalue weighted by Crippen LogP contribution is 2.08. The monoisotopic (exact) mass is 244 g/mol. The van der Waals surface area contributed by atoms with E-state index in [9.17, 15) is 8.42 Å².